The van der Waals surface area contributed by atoms with Crippen molar-refractivity contribution in [2.45, 2.75) is 59.7 Å². The van der Waals surface area contributed by atoms with Crippen LogP contribution in [0.4, 0.5) is 5.69 Å². The topological polar surface area (TPSA) is 47.8 Å². The maximum atomic E-state index is 5.50. The number of benzene rings is 2. The highest BCUT2D eigenvalue weighted by molar-refractivity contribution is 8.13. The van der Waals surface area contributed by atoms with E-state index < -0.39 is 0 Å². The Bertz CT molecular complexity index is 856. The smallest absolute Gasteiger partial charge is 0.0552 e. The van der Waals surface area contributed by atoms with Crippen LogP contribution in [0.2, 0.25) is 0 Å². The van der Waals surface area contributed by atoms with Gasteiger partial charge in [-0.15, -0.1) is 0 Å². The van der Waals surface area contributed by atoms with Crippen molar-refractivity contribution in [3.8, 4) is 0 Å². The minimum Gasteiger partial charge on any atom is -0.324 e. The van der Waals surface area contributed by atoms with Crippen LogP contribution in [0.3, 0.4) is 0 Å². The van der Waals surface area contributed by atoms with Gasteiger partial charge in [-0.25, -0.2) is 4.31 Å². The Morgan fingerprint density at radius 2 is 1.64 bits per heavy atom. The van der Waals surface area contributed by atoms with Crippen LogP contribution in [0.5, 0.6) is 0 Å². The third kappa shape index (κ3) is 7.18. The van der Waals surface area contributed by atoms with E-state index in [1.54, 1.807) is 0 Å². The van der Waals surface area contributed by atoms with E-state index in [0.717, 1.165) is 30.9 Å². The maximum absolute atomic E-state index is 5.50. The Morgan fingerprint density at radius 1 is 1.06 bits per heavy atom. The molecule has 2 aromatic carbocycles. The van der Waals surface area contributed by atoms with Crippen molar-refractivity contribution < 1.29 is 0 Å². The van der Waals surface area contributed by atoms with E-state index in [4.69, 9.17) is 5.84 Å². The average molecular weight is 470 g/mol. The summed E-state index contributed by atoms with van der Waals surface area (Å²) in [5.41, 5.74) is 6.79. The molecule has 1 aliphatic heterocycles. The third-order valence-corrected chi connectivity index (χ3v) is 7.69. The van der Waals surface area contributed by atoms with Crippen LogP contribution in [0.15, 0.2) is 61.2 Å². The Hall–Kier alpha value is -2.12. The summed E-state index contributed by atoms with van der Waals surface area (Å²) < 4.78 is 4.99. The molecule has 0 bridgehead atoms. The molecule has 0 spiro atoms. The Labute approximate surface area is 204 Å². The summed E-state index contributed by atoms with van der Waals surface area (Å²) in [6.45, 7) is 18.9. The van der Waals surface area contributed by atoms with E-state index in [1.165, 1.54) is 24.2 Å². The molecule has 0 aromatic heterocycles. The molecule has 1 saturated heterocycles. The van der Waals surface area contributed by atoms with Crippen molar-refractivity contribution in [1.82, 2.24) is 14.6 Å². The fourth-order valence-corrected chi connectivity index (χ4v) is 5.98. The fraction of sp³-hybridized carbons (Fsp3) is 0.444. The molecule has 3 rings (SSSR count). The lowest BCUT2D eigenvalue weighted by Gasteiger charge is -2.47. The van der Waals surface area contributed by atoms with E-state index in [0.29, 0.717) is 12.1 Å². The second-order valence-electron chi connectivity index (χ2n) is 8.31. The largest absolute Gasteiger partial charge is 0.324 e. The summed E-state index contributed by atoms with van der Waals surface area (Å²) in [5.74, 6) is 10.2. The number of hydrogen-bond donors (Lipinski definition) is 2. The molecule has 0 radical (unpaired) electrons. The van der Waals surface area contributed by atoms with E-state index in [2.05, 4.69) is 107 Å². The van der Waals surface area contributed by atoms with Gasteiger partial charge in [-0.2, -0.15) is 0 Å². The van der Waals surface area contributed by atoms with Gasteiger partial charge in [0.15, 0.2) is 0 Å². The number of hydrogen-bond acceptors (Lipinski definition) is 5. The predicted octanol–water partition coefficient (Wildman–Crippen LogP) is 5.49. The lowest BCUT2D eigenvalue weighted by atomic mass is 10.1. The number of rotatable bonds is 9. The van der Waals surface area contributed by atoms with Crippen LogP contribution in [-0.4, -0.2) is 46.8 Å². The average Bonchev–Trinajstić information content (AvgIpc) is 2.86. The van der Waals surface area contributed by atoms with Crippen molar-refractivity contribution in [2.24, 2.45) is 5.84 Å². The van der Waals surface area contributed by atoms with Crippen LogP contribution in [-0.2, 0) is 6.54 Å². The first-order valence-electron chi connectivity index (χ1n) is 12.1. The molecule has 33 heavy (non-hydrogen) atoms. The fourth-order valence-electron chi connectivity index (χ4n) is 4.26. The first kappa shape index (κ1) is 27.1. The van der Waals surface area contributed by atoms with Gasteiger partial charge >= 0.3 is 0 Å². The van der Waals surface area contributed by atoms with Crippen LogP contribution >= 0.6 is 10.9 Å². The lowest BCUT2D eigenvalue weighted by molar-refractivity contribution is 0.0818. The van der Waals surface area contributed by atoms with Crippen LogP contribution in [0.25, 0.3) is 5.70 Å². The molecule has 0 amide bonds. The highest BCUT2D eigenvalue weighted by atomic mass is 32.2. The molecule has 6 heteroatoms. The van der Waals surface area contributed by atoms with Crippen molar-refractivity contribution in [1.29, 1.82) is 0 Å². The van der Waals surface area contributed by atoms with Crippen molar-refractivity contribution in [3.05, 3.63) is 72.3 Å². The first-order chi connectivity index (χ1) is 15.9. The van der Waals surface area contributed by atoms with E-state index in [1.807, 2.05) is 13.8 Å². The van der Waals surface area contributed by atoms with Gasteiger partial charge in [0.05, 0.1) is 6.54 Å². The normalized spacial score (nSPS) is 19.8. The molecule has 2 aromatic rings. The van der Waals surface area contributed by atoms with E-state index >= 15 is 0 Å². The quantitative estimate of drug-likeness (QED) is 0.289. The summed E-state index contributed by atoms with van der Waals surface area (Å²) >= 11 is 0. The maximum Gasteiger partial charge on any atom is 0.0552 e. The third-order valence-electron chi connectivity index (χ3n) is 5.95. The molecule has 5 nitrogen and oxygen atoms in total. The molecule has 0 saturated carbocycles. The van der Waals surface area contributed by atoms with Crippen molar-refractivity contribution in [3.63, 3.8) is 0 Å². The van der Waals surface area contributed by atoms with Crippen LogP contribution < -0.4 is 15.6 Å². The highest BCUT2D eigenvalue weighted by Gasteiger charge is 2.31. The molecule has 1 fully saturated rings. The van der Waals surface area contributed by atoms with E-state index in [9.17, 15) is 0 Å². The standard InChI is InChI=1S/C25H37N5S.C2H6/c1-6-16-29-20(2)17-28(18-21(29)3)31(5)30(25-10-8-7-9-11-25)19-23-12-14-24(15-13-23)22(4)27-26;1-2/h7-15,20-21,27H,4-6,16-19,26H2,1-3H3;1-2H3. The molecule has 3 N–H and O–H groups in total. The second-order valence-corrected chi connectivity index (χ2v) is 9.95. The minimum atomic E-state index is -0.282. The monoisotopic (exact) mass is 469 g/mol. The summed E-state index contributed by atoms with van der Waals surface area (Å²) in [6, 6.07) is 20.1. The zero-order valence-corrected chi connectivity index (χ0v) is 21.9. The number of nitrogens with two attached hydrogens (primary N) is 1. The van der Waals surface area contributed by atoms with Gasteiger partial charge in [0.2, 0.25) is 0 Å². The van der Waals surface area contributed by atoms with Gasteiger partial charge in [0.25, 0.3) is 0 Å². The number of para-hydroxylation sites is 1. The van der Waals surface area contributed by atoms with Gasteiger partial charge in [0.1, 0.15) is 0 Å². The predicted molar refractivity (Wildman–Crippen MR) is 149 cm³/mol. The number of nitrogens with one attached hydrogen (secondary N) is 1. The number of nitrogens with zero attached hydrogens (tertiary/aromatic N) is 3. The summed E-state index contributed by atoms with van der Waals surface area (Å²) in [6.07, 6.45) is 1.20. The molecule has 182 valence electrons. The van der Waals surface area contributed by atoms with Gasteiger partial charge in [-0.3, -0.25) is 10.7 Å². The van der Waals surface area contributed by atoms with E-state index in [-0.39, 0.29) is 10.9 Å². The highest BCUT2D eigenvalue weighted by Crippen LogP contribution is 2.34. The minimum absolute atomic E-state index is 0.282. The molecule has 1 aliphatic rings. The van der Waals surface area contributed by atoms with Crippen LogP contribution in [0.1, 0.15) is 52.2 Å². The molecule has 1 heterocycles. The summed E-state index contributed by atoms with van der Waals surface area (Å²) in [7, 11) is -0.282. The van der Waals surface area contributed by atoms with Gasteiger partial charge in [-0.05, 0) is 66.8 Å². The summed E-state index contributed by atoms with van der Waals surface area (Å²) in [5, 5.41) is 0. The molecule has 3 unspecified atom stereocenters. The second kappa shape index (κ2) is 13.6. The molecule has 0 aliphatic carbocycles. The lowest BCUT2D eigenvalue weighted by Crippen LogP contribution is -2.55. The number of hydrazine groups is 1. The summed E-state index contributed by atoms with van der Waals surface area (Å²) in [4.78, 5) is 2.64. The molecule has 3 atom stereocenters. The first-order valence-corrected chi connectivity index (χ1v) is 13.4. The number of piperazine rings is 1. The van der Waals surface area contributed by atoms with Crippen LogP contribution in [0, 0.1) is 0 Å². The SMILES string of the molecule is C=C(NN)c1ccc(CN(c2ccccc2)S(=C)N2CC(C)N(CCC)C(C)C2)cc1.CC. The Balaban J connectivity index is 0.00000187. The molecular formula is C27H43N5S. The molecular weight excluding hydrogens is 426 g/mol. The zero-order chi connectivity index (χ0) is 24.4. The van der Waals surface area contributed by atoms with Crippen molar-refractivity contribution in [2.75, 3.05) is 23.9 Å². The van der Waals surface area contributed by atoms with Gasteiger partial charge in [0, 0.05) is 36.6 Å². The zero-order valence-electron chi connectivity index (χ0n) is 21.1. The van der Waals surface area contributed by atoms with Crippen molar-refractivity contribution >= 4 is 28.1 Å². The number of anilines is 1. The van der Waals surface area contributed by atoms with Gasteiger partial charge in [-0.1, -0.05) is 69.8 Å². The Kier molecular flexibility index (Phi) is 11.1. The Morgan fingerprint density at radius 3 is 2.15 bits per heavy atom. The van der Waals surface area contributed by atoms with Gasteiger partial charge < -0.3 is 9.73 Å².